The molecule has 0 aliphatic rings. The van der Waals surface area contributed by atoms with Gasteiger partial charge in [0.05, 0.1) is 6.61 Å². The monoisotopic (exact) mass is 295 g/mol. The standard InChI is InChI=1S/C13H14ClN3OS/c1-9-7-12(15)17-13(16-9)19-6-5-18-11-4-2-3-10(14)8-11/h2-4,7-8H,5-6H2,1H3,(H2,15,16,17). The molecule has 1 aromatic carbocycles. The molecule has 0 saturated carbocycles. The summed E-state index contributed by atoms with van der Waals surface area (Å²) in [5, 5.41) is 1.34. The molecule has 6 heteroatoms. The van der Waals surface area contributed by atoms with E-state index in [4.69, 9.17) is 22.1 Å². The van der Waals surface area contributed by atoms with Gasteiger partial charge in [-0.2, -0.15) is 0 Å². The number of thioether (sulfide) groups is 1. The fourth-order valence-electron chi connectivity index (χ4n) is 1.48. The Morgan fingerprint density at radius 2 is 2.16 bits per heavy atom. The SMILES string of the molecule is Cc1cc(N)nc(SCCOc2cccc(Cl)c2)n1. The summed E-state index contributed by atoms with van der Waals surface area (Å²) in [5.74, 6) is 2.00. The van der Waals surface area contributed by atoms with Crippen molar-refractivity contribution in [3.05, 3.63) is 41.0 Å². The van der Waals surface area contributed by atoms with Gasteiger partial charge in [0.2, 0.25) is 0 Å². The number of nitrogens with two attached hydrogens (primary N) is 1. The second-order valence-corrected chi connectivity index (χ2v) is 5.37. The minimum Gasteiger partial charge on any atom is -0.493 e. The number of aromatic nitrogens is 2. The first-order chi connectivity index (χ1) is 9.13. The molecule has 0 radical (unpaired) electrons. The fourth-order valence-corrected chi connectivity index (χ4v) is 2.39. The molecule has 1 aromatic heterocycles. The van der Waals surface area contributed by atoms with Crippen LogP contribution >= 0.6 is 23.4 Å². The van der Waals surface area contributed by atoms with Gasteiger partial charge in [-0.3, -0.25) is 0 Å². The summed E-state index contributed by atoms with van der Waals surface area (Å²) in [7, 11) is 0. The van der Waals surface area contributed by atoms with Crippen LogP contribution in [0.4, 0.5) is 5.82 Å². The lowest BCUT2D eigenvalue weighted by Crippen LogP contribution is -2.02. The predicted octanol–water partition coefficient (Wildman–Crippen LogP) is 3.19. The molecule has 1 heterocycles. The summed E-state index contributed by atoms with van der Waals surface area (Å²) in [6.07, 6.45) is 0. The van der Waals surface area contributed by atoms with E-state index in [1.54, 1.807) is 12.1 Å². The molecule has 0 aliphatic carbocycles. The smallest absolute Gasteiger partial charge is 0.189 e. The number of hydrogen-bond donors (Lipinski definition) is 1. The van der Waals surface area contributed by atoms with Crippen molar-refractivity contribution < 1.29 is 4.74 Å². The molecule has 0 spiro atoms. The average molecular weight is 296 g/mol. The van der Waals surface area contributed by atoms with Crippen LogP contribution in [0.2, 0.25) is 5.02 Å². The fraction of sp³-hybridized carbons (Fsp3) is 0.231. The normalized spacial score (nSPS) is 10.4. The molecule has 2 aromatic rings. The van der Waals surface area contributed by atoms with Gasteiger partial charge in [-0.25, -0.2) is 9.97 Å². The Balaban J connectivity index is 1.80. The summed E-state index contributed by atoms with van der Waals surface area (Å²) in [6, 6.07) is 9.07. The van der Waals surface area contributed by atoms with Crippen molar-refractivity contribution in [1.29, 1.82) is 0 Å². The van der Waals surface area contributed by atoms with Crippen LogP contribution in [-0.4, -0.2) is 22.3 Å². The lowest BCUT2D eigenvalue weighted by Gasteiger charge is -2.06. The molecule has 19 heavy (non-hydrogen) atoms. The van der Waals surface area contributed by atoms with E-state index in [-0.39, 0.29) is 0 Å². The molecule has 2 N–H and O–H groups in total. The zero-order valence-corrected chi connectivity index (χ0v) is 12.0. The molecule has 100 valence electrons. The first-order valence-electron chi connectivity index (χ1n) is 5.76. The number of rotatable bonds is 5. The van der Waals surface area contributed by atoms with Crippen molar-refractivity contribution >= 4 is 29.2 Å². The molecule has 0 aliphatic heterocycles. The average Bonchev–Trinajstić information content (AvgIpc) is 2.34. The third-order valence-electron chi connectivity index (χ3n) is 2.23. The highest BCUT2D eigenvalue weighted by atomic mass is 35.5. The molecule has 0 amide bonds. The van der Waals surface area contributed by atoms with E-state index in [0.717, 1.165) is 17.2 Å². The first-order valence-corrected chi connectivity index (χ1v) is 7.12. The lowest BCUT2D eigenvalue weighted by molar-refractivity contribution is 0.344. The number of hydrogen-bond acceptors (Lipinski definition) is 5. The third kappa shape index (κ3) is 4.61. The summed E-state index contributed by atoms with van der Waals surface area (Å²) < 4.78 is 5.58. The van der Waals surface area contributed by atoms with Gasteiger partial charge in [0, 0.05) is 22.5 Å². The Hall–Kier alpha value is -1.46. The maximum absolute atomic E-state index is 5.87. The Kier molecular flexibility index (Phi) is 4.87. The molecule has 0 atom stereocenters. The van der Waals surface area contributed by atoms with E-state index in [1.165, 1.54) is 11.8 Å². The maximum atomic E-state index is 5.87. The van der Waals surface area contributed by atoms with Crippen molar-refractivity contribution in [2.24, 2.45) is 0 Å². The number of aryl methyl sites for hydroxylation is 1. The summed E-state index contributed by atoms with van der Waals surface area (Å²) in [4.78, 5) is 8.43. The molecular weight excluding hydrogens is 282 g/mol. The quantitative estimate of drug-likeness (QED) is 0.521. The highest BCUT2D eigenvalue weighted by molar-refractivity contribution is 7.99. The highest BCUT2D eigenvalue weighted by Crippen LogP contribution is 2.18. The zero-order chi connectivity index (χ0) is 13.7. The molecule has 0 saturated heterocycles. The number of nitrogen functional groups attached to an aromatic ring is 1. The second-order valence-electron chi connectivity index (χ2n) is 3.87. The van der Waals surface area contributed by atoms with Crippen LogP contribution in [0.5, 0.6) is 5.75 Å². The van der Waals surface area contributed by atoms with Crippen molar-refractivity contribution in [1.82, 2.24) is 9.97 Å². The molecule has 0 bridgehead atoms. The Bertz CT molecular complexity index is 545. The number of benzene rings is 1. The Labute approximate surface area is 121 Å². The highest BCUT2D eigenvalue weighted by Gasteiger charge is 2.01. The number of nitrogens with zero attached hydrogens (tertiary/aromatic N) is 2. The van der Waals surface area contributed by atoms with Crippen molar-refractivity contribution in [2.75, 3.05) is 18.1 Å². The summed E-state index contributed by atoms with van der Waals surface area (Å²) in [6.45, 7) is 2.45. The first kappa shape index (κ1) is 14.0. The van der Waals surface area contributed by atoms with Gasteiger partial charge in [-0.15, -0.1) is 0 Å². The lowest BCUT2D eigenvalue weighted by atomic mass is 10.3. The van der Waals surface area contributed by atoms with E-state index in [2.05, 4.69) is 9.97 Å². The van der Waals surface area contributed by atoms with E-state index in [1.807, 2.05) is 25.1 Å². The summed E-state index contributed by atoms with van der Waals surface area (Å²) >= 11 is 7.38. The van der Waals surface area contributed by atoms with Gasteiger partial charge in [0.15, 0.2) is 5.16 Å². The van der Waals surface area contributed by atoms with Crippen molar-refractivity contribution in [2.45, 2.75) is 12.1 Å². The molecule has 4 nitrogen and oxygen atoms in total. The van der Waals surface area contributed by atoms with Crippen LogP contribution in [0.15, 0.2) is 35.5 Å². The van der Waals surface area contributed by atoms with Gasteiger partial charge in [0.25, 0.3) is 0 Å². The van der Waals surface area contributed by atoms with Gasteiger partial charge < -0.3 is 10.5 Å². The molecule has 2 rings (SSSR count). The maximum Gasteiger partial charge on any atom is 0.189 e. The Morgan fingerprint density at radius 3 is 2.89 bits per heavy atom. The van der Waals surface area contributed by atoms with Gasteiger partial charge >= 0.3 is 0 Å². The van der Waals surface area contributed by atoms with E-state index < -0.39 is 0 Å². The molecular formula is C13H14ClN3OS. The van der Waals surface area contributed by atoms with Crippen LogP contribution < -0.4 is 10.5 Å². The topological polar surface area (TPSA) is 61.0 Å². The van der Waals surface area contributed by atoms with Gasteiger partial charge in [-0.05, 0) is 25.1 Å². The number of halogens is 1. The molecule has 0 fully saturated rings. The van der Waals surface area contributed by atoms with Crippen LogP contribution in [0, 0.1) is 6.92 Å². The van der Waals surface area contributed by atoms with Crippen LogP contribution in [0.25, 0.3) is 0 Å². The second kappa shape index (κ2) is 6.63. The van der Waals surface area contributed by atoms with Crippen LogP contribution in [0.3, 0.4) is 0 Å². The summed E-state index contributed by atoms with van der Waals surface area (Å²) in [5.41, 5.74) is 6.53. The van der Waals surface area contributed by atoms with Gasteiger partial charge in [0.1, 0.15) is 11.6 Å². The molecule has 0 unspecified atom stereocenters. The third-order valence-corrected chi connectivity index (χ3v) is 3.28. The number of ether oxygens (including phenoxy) is 1. The Morgan fingerprint density at radius 1 is 1.32 bits per heavy atom. The van der Waals surface area contributed by atoms with E-state index >= 15 is 0 Å². The van der Waals surface area contributed by atoms with Gasteiger partial charge in [-0.1, -0.05) is 29.4 Å². The van der Waals surface area contributed by atoms with Crippen LogP contribution in [0.1, 0.15) is 5.69 Å². The van der Waals surface area contributed by atoms with Crippen molar-refractivity contribution in [3.63, 3.8) is 0 Å². The van der Waals surface area contributed by atoms with E-state index in [0.29, 0.717) is 22.6 Å². The zero-order valence-electron chi connectivity index (χ0n) is 10.5. The number of anilines is 1. The van der Waals surface area contributed by atoms with E-state index in [9.17, 15) is 0 Å². The minimum absolute atomic E-state index is 0.491. The largest absolute Gasteiger partial charge is 0.493 e. The van der Waals surface area contributed by atoms with Crippen LogP contribution in [-0.2, 0) is 0 Å². The predicted molar refractivity (Wildman–Crippen MR) is 78.9 cm³/mol. The van der Waals surface area contributed by atoms with Crippen molar-refractivity contribution in [3.8, 4) is 5.75 Å². The minimum atomic E-state index is 0.491.